The van der Waals surface area contributed by atoms with Crippen LogP contribution in [0.3, 0.4) is 0 Å². The molecule has 3 N–H and O–H groups in total. The van der Waals surface area contributed by atoms with Crippen molar-refractivity contribution in [3.8, 4) is 0 Å². The molecule has 0 aromatic heterocycles. The zero-order valence-electron chi connectivity index (χ0n) is 9.67. The molecule has 0 aliphatic carbocycles. The summed E-state index contributed by atoms with van der Waals surface area (Å²) in [6.07, 6.45) is 0.590. The van der Waals surface area contributed by atoms with Crippen LogP contribution in [-0.2, 0) is 11.2 Å². The third-order valence-corrected chi connectivity index (χ3v) is 3.02. The third kappa shape index (κ3) is 4.54. The molecule has 1 rings (SSSR count). The molecule has 0 aliphatic heterocycles. The van der Waals surface area contributed by atoms with Gasteiger partial charge in [-0.25, -0.2) is 0 Å². The molecule has 0 radical (unpaired) electrons. The van der Waals surface area contributed by atoms with Crippen molar-refractivity contribution in [2.24, 2.45) is 11.7 Å². The first kappa shape index (κ1) is 14.3. The molecule has 1 unspecified atom stereocenters. The lowest BCUT2D eigenvalue weighted by Crippen LogP contribution is -2.34. The van der Waals surface area contributed by atoms with E-state index in [4.69, 9.17) is 28.9 Å². The first-order valence-corrected chi connectivity index (χ1v) is 6.22. The quantitative estimate of drug-likeness (QED) is 0.866. The van der Waals surface area contributed by atoms with Gasteiger partial charge in [0.2, 0.25) is 5.91 Å². The van der Waals surface area contributed by atoms with E-state index in [-0.39, 0.29) is 11.8 Å². The Labute approximate surface area is 111 Å². The van der Waals surface area contributed by atoms with Crippen LogP contribution in [0.1, 0.15) is 12.5 Å². The van der Waals surface area contributed by atoms with Crippen molar-refractivity contribution < 1.29 is 4.79 Å². The first-order valence-electron chi connectivity index (χ1n) is 5.46. The molecule has 0 bridgehead atoms. The Morgan fingerprint density at radius 3 is 2.76 bits per heavy atom. The Morgan fingerprint density at radius 2 is 2.18 bits per heavy atom. The maximum Gasteiger partial charge on any atom is 0.223 e. The Kier molecular flexibility index (Phi) is 5.75. The topological polar surface area (TPSA) is 55.1 Å². The molecule has 94 valence electrons. The highest BCUT2D eigenvalue weighted by Gasteiger charge is 2.14. The van der Waals surface area contributed by atoms with Gasteiger partial charge in [-0.05, 0) is 24.1 Å². The molecule has 17 heavy (non-hydrogen) atoms. The Balaban J connectivity index is 2.61. The SMILES string of the molecule is CC(Cc1ccc(Cl)cc1Cl)C(=O)NCCN. The molecule has 0 fully saturated rings. The molecule has 0 aliphatic rings. The van der Waals surface area contributed by atoms with Crippen LogP contribution in [0.2, 0.25) is 10.0 Å². The number of nitrogens with two attached hydrogens (primary N) is 1. The van der Waals surface area contributed by atoms with Gasteiger partial charge in [0.25, 0.3) is 0 Å². The molecular weight excluding hydrogens is 259 g/mol. The molecule has 1 atom stereocenters. The number of hydrogen-bond acceptors (Lipinski definition) is 2. The number of rotatable bonds is 5. The number of carbonyl (C=O) groups excluding carboxylic acids is 1. The highest BCUT2D eigenvalue weighted by atomic mass is 35.5. The molecule has 1 aromatic rings. The van der Waals surface area contributed by atoms with Crippen LogP contribution >= 0.6 is 23.2 Å². The summed E-state index contributed by atoms with van der Waals surface area (Å²) in [6.45, 7) is 2.80. The van der Waals surface area contributed by atoms with Gasteiger partial charge < -0.3 is 11.1 Å². The van der Waals surface area contributed by atoms with Crippen LogP contribution in [0.25, 0.3) is 0 Å². The predicted molar refractivity (Wildman–Crippen MR) is 71.4 cm³/mol. The van der Waals surface area contributed by atoms with Crippen molar-refractivity contribution in [1.29, 1.82) is 0 Å². The molecule has 0 saturated carbocycles. The van der Waals surface area contributed by atoms with Crippen molar-refractivity contribution in [2.75, 3.05) is 13.1 Å². The molecule has 0 saturated heterocycles. The monoisotopic (exact) mass is 274 g/mol. The molecule has 0 spiro atoms. The third-order valence-electron chi connectivity index (χ3n) is 2.43. The fourth-order valence-electron chi connectivity index (χ4n) is 1.48. The summed E-state index contributed by atoms with van der Waals surface area (Å²) in [6, 6.07) is 5.30. The number of hydrogen-bond donors (Lipinski definition) is 2. The molecular formula is C12H16Cl2N2O. The Bertz CT molecular complexity index is 396. The summed E-state index contributed by atoms with van der Waals surface area (Å²) in [7, 11) is 0. The summed E-state index contributed by atoms with van der Waals surface area (Å²) in [5.74, 6) is -0.151. The standard InChI is InChI=1S/C12H16Cl2N2O/c1-8(12(17)16-5-4-15)6-9-2-3-10(13)7-11(9)14/h2-3,7-8H,4-6,15H2,1H3,(H,16,17). The second-order valence-electron chi connectivity index (χ2n) is 3.92. The maximum absolute atomic E-state index is 11.6. The average Bonchev–Trinajstić information content (AvgIpc) is 2.29. The van der Waals surface area contributed by atoms with Gasteiger partial charge >= 0.3 is 0 Å². The number of benzene rings is 1. The van der Waals surface area contributed by atoms with Crippen LogP contribution in [0.15, 0.2) is 18.2 Å². The maximum atomic E-state index is 11.6. The van der Waals surface area contributed by atoms with Gasteiger partial charge in [-0.3, -0.25) is 4.79 Å². The van der Waals surface area contributed by atoms with Gasteiger partial charge in [0.05, 0.1) is 0 Å². The molecule has 1 amide bonds. The minimum Gasteiger partial charge on any atom is -0.355 e. The summed E-state index contributed by atoms with van der Waals surface area (Å²) in [4.78, 5) is 11.6. The lowest BCUT2D eigenvalue weighted by atomic mass is 10.0. The number of carbonyl (C=O) groups is 1. The summed E-state index contributed by atoms with van der Waals surface area (Å²) in [5.41, 5.74) is 6.24. The van der Waals surface area contributed by atoms with E-state index in [0.717, 1.165) is 5.56 Å². The lowest BCUT2D eigenvalue weighted by molar-refractivity contribution is -0.124. The zero-order chi connectivity index (χ0) is 12.8. The van der Waals surface area contributed by atoms with E-state index >= 15 is 0 Å². The molecule has 3 nitrogen and oxygen atoms in total. The van der Waals surface area contributed by atoms with Crippen molar-refractivity contribution >= 4 is 29.1 Å². The molecule has 5 heteroatoms. The Hall–Kier alpha value is -0.770. The van der Waals surface area contributed by atoms with Crippen LogP contribution in [-0.4, -0.2) is 19.0 Å². The number of halogens is 2. The highest BCUT2D eigenvalue weighted by molar-refractivity contribution is 6.35. The van der Waals surface area contributed by atoms with E-state index in [2.05, 4.69) is 5.32 Å². The fraction of sp³-hybridized carbons (Fsp3) is 0.417. The van der Waals surface area contributed by atoms with Crippen molar-refractivity contribution in [2.45, 2.75) is 13.3 Å². The van der Waals surface area contributed by atoms with E-state index in [1.54, 1.807) is 12.1 Å². The van der Waals surface area contributed by atoms with E-state index in [9.17, 15) is 4.79 Å². The second kappa shape index (κ2) is 6.84. The van der Waals surface area contributed by atoms with Gasteiger partial charge in [0, 0.05) is 29.1 Å². The lowest BCUT2D eigenvalue weighted by Gasteiger charge is -2.12. The van der Waals surface area contributed by atoms with E-state index in [1.165, 1.54) is 0 Å². The van der Waals surface area contributed by atoms with Crippen molar-refractivity contribution in [3.63, 3.8) is 0 Å². The first-order chi connectivity index (χ1) is 8.04. The summed E-state index contributed by atoms with van der Waals surface area (Å²) >= 11 is 11.9. The largest absolute Gasteiger partial charge is 0.355 e. The second-order valence-corrected chi connectivity index (χ2v) is 4.76. The minimum absolute atomic E-state index is 0.0125. The fourth-order valence-corrected chi connectivity index (χ4v) is 1.97. The van der Waals surface area contributed by atoms with Crippen molar-refractivity contribution in [3.05, 3.63) is 33.8 Å². The van der Waals surface area contributed by atoms with Crippen molar-refractivity contribution in [1.82, 2.24) is 5.32 Å². The van der Waals surface area contributed by atoms with E-state index in [1.807, 2.05) is 13.0 Å². The van der Waals surface area contributed by atoms with Crippen LogP contribution < -0.4 is 11.1 Å². The minimum atomic E-state index is -0.139. The van der Waals surface area contributed by atoms with Gasteiger partial charge in [-0.1, -0.05) is 36.2 Å². The summed E-state index contributed by atoms with van der Waals surface area (Å²) in [5, 5.41) is 3.94. The van der Waals surface area contributed by atoms with Gasteiger partial charge in [-0.2, -0.15) is 0 Å². The molecule has 1 aromatic carbocycles. The van der Waals surface area contributed by atoms with Crippen LogP contribution in [0.5, 0.6) is 0 Å². The Morgan fingerprint density at radius 1 is 1.47 bits per heavy atom. The smallest absolute Gasteiger partial charge is 0.223 e. The summed E-state index contributed by atoms with van der Waals surface area (Å²) < 4.78 is 0. The number of nitrogens with one attached hydrogen (secondary N) is 1. The predicted octanol–water partition coefficient (Wildman–Crippen LogP) is 2.25. The highest BCUT2D eigenvalue weighted by Crippen LogP contribution is 2.23. The van der Waals surface area contributed by atoms with Gasteiger partial charge in [-0.15, -0.1) is 0 Å². The van der Waals surface area contributed by atoms with Crippen LogP contribution in [0, 0.1) is 5.92 Å². The average molecular weight is 275 g/mol. The zero-order valence-corrected chi connectivity index (χ0v) is 11.2. The van der Waals surface area contributed by atoms with Gasteiger partial charge in [0.1, 0.15) is 0 Å². The van der Waals surface area contributed by atoms with Crippen LogP contribution in [0.4, 0.5) is 0 Å². The van der Waals surface area contributed by atoms with E-state index in [0.29, 0.717) is 29.6 Å². The van der Waals surface area contributed by atoms with Gasteiger partial charge in [0.15, 0.2) is 0 Å². The van der Waals surface area contributed by atoms with E-state index < -0.39 is 0 Å². The molecule has 0 heterocycles. The normalized spacial score (nSPS) is 12.2. The number of amides is 1.